The number of piperidine rings is 1. The van der Waals surface area contributed by atoms with Crippen LogP contribution in [0.2, 0.25) is 0 Å². The van der Waals surface area contributed by atoms with Crippen LogP contribution >= 0.6 is 0 Å². The van der Waals surface area contributed by atoms with E-state index in [0.29, 0.717) is 24.6 Å². The minimum Gasteiger partial charge on any atom is -0.493 e. The molecule has 1 aromatic rings. The number of carboxylic acid groups (broad SMARTS) is 1. The lowest BCUT2D eigenvalue weighted by atomic mass is 9.88. The summed E-state index contributed by atoms with van der Waals surface area (Å²) in [5.74, 6) is -0.01000. The maximum atomic E-state index is 11.4. The smallest absolute Gasteiger partial charge is 0.336 e. The van der Waals surface area contributed by atoms with E-state index in [2.05, 4.69) is 25.7 Å². The molecule has 1 atom stereocenters. The fourth-order valence-electron chi connectivity index (χ4n) is 3.92. The van der Waals surface area contributed by atoms with E-state index >= 15 is 0 Å². The van der Waals surface area contributed by atoms with Crippen molar-refractivity contribution < 1.29 is 14.6 Å². The molecule has 0 aromatic heterocycles. The summed E-state index contributed by atoms with van der Waals surface area (Å²) in [4.78, 5) is 14.0. The van der Waals surface area contributed by atoms with E-state index in [1.54, 1.807) is 6.07 Å². The van der Waals surface area contributed by atoms with E-state index in [1.165, 1.54) is 18.4 Å². The van der Waals surface area contributed by atoms with Gasteiger partial charge in [-0.1, -0.05) is 33.3 Å². The average molecular weight is 317 g/mol. The van der Waals surface area contributed by atoms with Crippen LogP contribution in [0.3, 0.4) is 0 Å². The number of carbonyl (C=O) groups is 1. The summed E-state index contributed by atoms with van der Waals surface area (Å²) < 4.78 is 5.86. The molecule has 0 radical (unpaired) electrons. The Kier molecular flexibility index (Phi) is 4.37. The van der Waals surface area contributed by atoms with Crippen LogP contribution in [0.15, 0.2) is 12.1 Å². The molecule has 1 saturated heterocycles. The first kappa shape index (κ1) is 16.3. The molecular formula is C19H27NO3. The number of carboxylic acids is 1. The van der Waals surface area contributed by atoms with Gasteiger partial charge in [0.05, 0.1) is 12.2 Å². The van der Waals surface area contributed by atoms with Gasteiger partial charge in [-0.25, -0.2) is 4.79 Å². The molecule has 1 unspecified atom stereocenters. The summed E-state index contributed by atoms with van der Waals surface area (Å²) in [6.45, 7) is 9.57. The summed E-state index contributed by atoms with van der Waals surface area (Å²) in [6.07, 6.45) is 4.29. The molecule has 1 aromatic carbocycles. The highest BCUT2D eigenvalue weighted by atomic mass is 16.5. The number of hydrogen-bond acceptors (Lipinski definition) is 3. The van der Waals surface area contributed by atoms with Gasteiger partial charge in [-0.3, -0.25) is 4.90 Å². The van der Waals surface area contributed by atoms with Crippen molar-refractivity contribution in [3.63, 3.8) is 0 Å². The third-order valence-electron chi connectivity index (χ3n) is 4.77. The molecule has 23 heavy (non-hydrogen) atoms. The zero-order valence-corrected chi connectivity index (χ0v) is 14.4. The van der Waals surface area contributed by atoms with Gasteiger partial charge in [0.15, 0.2) is 0 Å². The number of aromatic carboxylic acids is 1. The van der Waals surface area contributed by atoms with E-state index in [1.807, 2.05) is 6.07 Å². The molecule has 0 aliphatic carbocycles. The predicted molar refractivity (Wildman–Crippen MR) is 90.2 cm³/mol. The molecule has 1 fully saturated rings. The standard InChI is InChI=1S/C19H27NO3/c1-19(2,3)12-20-10-5-4-6-16(20)15-8-7-14(18(21)22)13-9-11-23-17(13)15/h7-8,16H,4-6,9-12H2,1-3H3,(H,21,22). The Balaban J connectivity index is 1.96. The fourth-order valence-corrected chi connectivity index (χ4v) is 3.92. The number of nitrogens with zero attached hydrogens (tertiary/aromatic N) is 1. The van der Waals surface area contributed by atoms with Crippen LogP contribution in [0, 0.1) is 5.41 Å². The van der Waals surface area contributed by atoms with Crippen molar-refractivity contribution in [2.45, 2.75) is 52.5 Å². The Morgan fingerprint density at radius 1 is 1.35 bits per heavy atom. The maximum Gasteiger partial charge on any atom is 0.336 e. The Labute approximate surface area is 138 Å². The third kappa shape index (κ3) is 3.37. The topological polar surface area (TPSA) is 49.8 Å². The van der Waals surface area contributed by atoms with Crippen LogP contribution in [-0.2, 0) is 6.42 Å². The van der Waals surface area contributed by atoms with Gasteiger partial charge < -0.3 is 9.84 Å². The SMILES string of the molecule is CC(C)(C)CN1CCCCC1c1ccc(C(=O)O)c2c1OCC2. The monoisotopic (exact) mass is 317 g/mol. The predicted octanol–water partition coefficient (Wildman–Crippen LogP) is 3.89. The second-order valence-corrected chi connectivity index (χ2v) is 7.96. The highest BCUT2D eigenvalue weighted by molar-refractivity contribution is 5.90. The van der Waals surface area contributed by atoms with Crippen molar-refractivity contribution in [3.05, 3.63) is 28.8 Å². The molecule has 4 heteroatoms. The van der Waals surface area contributed by atoms with Gasteiger partial charge in [0, 0.05) is 30.1 Å². The molecule has 0 bridgehead atoms. The molecule has 3 rings (SSSR count). The first-order valence-corrected chi connectivity index (χ1v) is 8.63. The Morgan fingerprint density at radius 2 is 2.13 bits per heavy atom. The van der Waals surface area contributed by atoms with Crippen molar-refractivity contribution in [1.29, 1.82) is 0 Å². The molecule has 126 valence electrons. The van der Waals surface area contributed by atoms with Crippen molar-refractivity contribution >= 4 is 5.97 Å². The third-order valence-corrected chi connectivity index (χ3v) is 4.77. The first-order valence-electron chi connectivity index (χ1n) is 8.63. The van der Waals surface area contributed by atoms with Crippen LogP contribution in [-0.4, -0.2) is 35.7 Å². The number of rotatable bonds is 3. The van der Waals surface area contributed by atoms with E-state index in [4.69, 9.17) is 4.74 Å². The molecule has 4 nitrogen and oxygen atoms in total. The molecule has 1 N–H and O–H groups in total. The summed E-state index contributed by atoms with van der Waals surface area (Å²) >= 11 is 0. The van der Waals surface area contributed by atoms with Crippen LogP contribution in [0.5, 0.6) is 5.75 Å². The summed E-state index contributed by atoms with van der Waals surface area (Å²) in [7, 11) is 0. The Morgan fingerprint density at radius 3 is 2.83 bits per heavy atom. The first-order chi connectivity index (χ1) is 10.9. The fraction of sp³-hybridized carbons (Fsp3) is 0.632. The van der Waals surface area contributed by atoms with E-state index in [-0.39, 0.29) is 5.41 Å². The number of fused-ring (bicyclic) bond motifs is 1. The van der Waals surface area contributed by atoms with Gasteiger partial charge in [-0.05, 0) is 30.9 Å². The Bertz CT molecular complexity index is 603. The molecule has 0 amide bonds. The summed E-state index contributed by atoms with van der Waals surface area (Å²) in [5.41, 5.74) is 2.72. The molecule has 2 heterocycles. The lowest BCUT2D eigenvalue weighted by Gasteiger charge is -2.40. The second-order valence-electron chi connectivity index (χ2n) is 7.96. The highest BCUT2D eigenvalue weighted by Gasteiger charge is 2.32. The minimum absolute atomic E-state index is 0.251. The largest absolute Gasteiger partial charge is 0.493 e. The summed E-state index contributed by atoms with van der Waals surface area (Å²) in [5, 5.41) is 9.39. The van der Waals surface area contributed by atoms with Crippen LogP contribution in [0.1, 0.15) is 67.6 Å². The van der Waals surface area contributed by atoms with Gasteiger partial charge in [0.25, 0.3) is 0 Å². The molecular weight excluding hydrogens is 290 g/mol. The normalized spacial score (nSPS) is 21.8. The lowest BCUT2D eigenvalue weighted by molar-refractivity contribution is 0.0695. The molecule has 2 aliphatic heterocycles. The van der Waals surface area contributed by atoms with Gasteiger partial charge >= 0.3 is 5.97 Å². The number of ether oxygens (including phenoxy) is 1. The zero-order valence-electron chi connectivity index (χ0n) is 14.4. The maximum absolute atomic E-state index is 11.4. The van der Waals surface area contributed by atoms with E-state index in [0.717, 1.165) is 30.8 Å². The van der Waals surface area contributed by atoms with Crippen LogP contribution < -0.4 is 4.74 Å². The van der Waals surface area contributed by atoms with Crippen molar-refractivity contribution in [3.8, 4) is 5.75 Å². The Hall–Kier alpha value is -1.55. The zero-order chi connectivity index (χ0) is 16.6. The lowest BCUT2D eigenvalue weighted by Crippen LogP contribution is -2.39. The van der Waals surface area contributed by atoms with Crippen molar-refractivity contribution in [2.75, 3.05) is 19.7 Å². The highest BCUT2D eigenvalue weighted by Crippen LogP contribution is 2.42. The van der Waals surface area contributed by atoms with Crippen LogP contribution in [0.25, 0.3) is 0 Å². The minimum atomic E-state index is -0.853. The number of benzene rings is 1. The molecule has 0 saturated carbocycles. The van der Waals surface area contributed by atoms with E-state index in [9.17, 15) is 9.90 Å². The van der Waals surface area contributed by atoms with Gasteiger partial charge in [0.2, 0.25) is 0 Å². The number of likely N-dealkylation sites (tertiary alicyclic amines) is 1. The summed E-state index contributed by atoms with van der Waals surface area (Å²) in [6, 6.07) is 4.10. The quantitative estimate of drug-likeness (QED) is 0.919. The van der Waals surface area contributed by atoms with Gasteiger partial charge in [-0.2, -0.15) is 0 Å². The number of hydrogen-bond donors (Lipinski definition) is 1. The molecule has 2 aliphatic rings. The second kappa shape index (κ2) is 6.16. The van der Waals surface area contributed by atoms with Gasteiger partial charge in [-0.15, -0.1) is 0 Å². The van der Waals surface area contributed by atoms with E-state index < -0.39 is 5.97 Å². The van der Waals surface area contributed by atoms with Crippen molar-refractivity contribution in [1.82, 2.24) is 4.90 Å². The van der Waals surface area contributed by atoms with Crippen LogP contribution in [0.4, 0.5) is 0 Å². The molecule has 0 spiro atoms. The van der Waals surface area contributed by atoms with Gasteiger partial charge in [0.1, 0.15) is 5.75 Å². The van der Waals surface area contributed by atoms with Crippen molar-refractivity contribution in [2.24, 2.45) is 5.41 Å². The average Bonchev–Trinajstić information content (AvgIpc) is 2.94.